The third-order valence-electron chi connectivity index (χ3n) is 10.1. The van der Waals surface area contributed by atoms with E-state index in [0.717, 1.165) is 54.3 Å². The molecule has 0 saturated carbocycles. The number of thiophene rings is 1. The predicted molar refractivity (Wildman–Crippen MR) is 214 cm³/mol. The number of rotatable bonds is 4. The van der Waals surface area contributed by atoms with Crippen LogP contribution in [0.25, 0.3) is 97.9 Å². The van der Waals surface area contributed by atoms with Crippen LogP contribution in [0.15, 0.2) is 170 Å². The Morgan fingerprint density at radius 1 is 0.392 bits per heavy atom. The molecular weight excluding hydrogens is 641 g/mol. The van der Waals surface area contributed by atoms with Gasteiger partial charge in [-0.15, -0.1) is 11.3 Å². The van der Waals surface area contributed by atoms with Crippen molar-refractivity contribution < 1.29 is 0 Å². The van der Waals surface area contributed by atoms with E-state index >= 15 is 0 Å². The van der Waals surface area contributed by atoms with Crippen molar-refractivity contribution in [1.29, 1.82) is 0 Å². The van der Waals surface area contributed by atoms with E-state index < -0.39 is 0 Å². The van der Waals surface area contributed by atoms with Gasteiger partial charge in [0.1, 0.15) is 11.0 Å². The van der Waals surface area contributed by atoms with E-state index in [1.165, 1.54) is 43.6 Å². The quantitative estimate of drug-likeness (QED) is 0.187. The van der Waals surface area contributed by atoms with Gasteiger partial charge in [0, 0.05) is 44.0 Å². The largest absolute Gasteiger partial charge is 0.309 e. The molecule has 0 N–H and O–H groups in total. The minimum Gasteiger partial charge on any atom is -0.309 e. The highest BCUT2D eigenvalue weighted by atomic mass is 32.1. The molecule has 0 spiro atoms. The fraction of sp³-hybridized carbons (Fsp3) is 0. The molecule has 0 unspecified atom stereocenters. The highest BCUT2D eigenvalue weighted by Crippen LogP contribution is 2.41. The third-order valence-corrected chi connectivity index (χ3v) is 11.2. The summed E-state index contributed by atoms with van der Waals surface area (Å²) < 4.78 is 6.98. The summed E-state index contributed by atoms with van der Waals surface area (Å²) in [4.78, 5) is 10.7. The molecule has 6 aromatic carbocycles. The van der Waals surface area contributed by atoms with Gasteiger partial charge in [-0.05, 0) is 78.9 Å². The fourth-order valence-electron chi connectivity index (χ4n) is 7.90. The Labute approximate surface area is 297 Å². The first-order chi connectivity index (χ1) is 25.3. The average Bonchev–Trinajstić information content (AvgIpc) is 3.85. The molecule has 0 amide bonds. The first-order valence-electron chi connectivity index (χ1n) is 17.2. The van der Waals surface area contributed by atoms with Gasteiger partial charge in [0.2, 0.25) is 0 Å². The lowest BCUT2D eigenvalue weighted by atomic mass is 10.0. The van der Waals surface area contributed by atoms with Crippen LogP contribution in [-0.2, 0) is 0 Å². The highest BCUT2D eigenvalue weighted by Gasteiger charge is 2.19. The van der Waals surface area contributed by atoms with Gasteiger partial charge in [0.25, 0.3) is 0 Å². The zero-order valence-electron chi connectivity index (χ0n) is 27.4. The van der Waals surface area contributed by atoms with E-state index in [0.29, 0.717) is 0 Å². The Bertz CT molecular complexity index is 3130. The van der Waals surface area contributed by atoms with Crippen LogP contribution < -0.4 is 0 Å². The van der Waals surface area contributed by atoms with Crippen molar-refractivity contribution in [3.8, 4) is 33.9 Å². The first kappa shape index (κ1) is 28.3. The van der Waals surface area contributed by atoms with E-state index in [2.05, 4.69) is 179 Å². The smallest absolute Gasteiger partial charge is 0.108 e. The van der Waals surface area contributed by atoms with E-state index in [9.17, 15) is 0 Å². The summed E-state index contributed by atoms with van der Waals surface area (Å²) in [5.74, 6) is 0. The summed E-state index contributed by atoms with van der Waals surface area (Å²) >= 11 is 1.75. The van der Waals surface area contributed by atoms with E-state index in [4.69, 9.17) is 9.97 Å². The molecule has 5 heteroatoms. The number of hydrogen-bond donors (Lipinski definition) is 0. The SMILES string of the molecule is c1ccc(-n2c3ccccc3c3cc(-c4ccc5sc6ccc(-c7cccc8c7c7ccccc7n8-c7ccccc7)nc6c5n4)ccc32)cc1. The summed E-state index contributed by atoms with van der Waals surface area (Å²) in [5.41, 5.74) is 13.0. The monoisotopic (exact) mass is 668 g/mol. The van der Waals surface area contributed by atoms with Gasteiger partial charge >= 0.3 is 0 Å². The number of nitrogens with zero attached hydrogens (tertiary/aromatic N) is 4. The molecule has 4 nitrogen and oxygen atoms in total. The molecule has 0 atom stereocenters. The molecule has 0 aliphatic heterocycles. The van der Waals surface area contributed by atoms with Crippen LogP contribution in [0.4, 0.5) is 0 Å². The number of pyridine rings is 2. The maximum Gasteiger partial charge on any atom is 0.108 e. The molecule has 0 aliphatic carbocycles. The van der Waals surface area contributed by atoms with Gasteiger partial charge in [0.15, 0.2) is 0 Å². The number of para-hydroxylation sites is 4. The lowest BCUT2D eigenvalue weighted by Gasteiger charge is -2.08. The molecule has 11 rings (SSSR count). The normalized spacial score (nSPS) is 11.9. The number of hydrogen-bond acceptors (Lipinski definition) is 3. The van der Waals surface area contributed by atoms with Gasteiger partial charge in [-0.1, -0.05) is 91.0 Å². The van der Waals surface area contributed by atoms with Gasteiger partial charge in [-0.3, -0.25) is 0 Å². The maximum atomic E-state index is 5.37. The van der Waals surface area contributed by atoms with Crippen LogP contribution in [0.2, 0.25) is 0 Å². The lowest BCUT2D eigenvalue weighted by Crippen LogP contribution is -1.93. The number of fused-ring (bicyclic) bond motifs is 9. The van der Waals surface area contributed by atoms with Crippen molar-refractivity contribution in [3.05, 3.63) is 170 Å². The van der Waals surface area contributed by atoms with Gasteiger partial charge in [-0.2, -0.15) is 0 Å². The molecule has 0 radical (unpaired) electrons. The average molecular weight is 669 g/mol. The molecule has 5 heterocycles. The predicted octanol–water partition coefficient (Wildman–Crippen LogP) is 12.4. The molecule has 51 heavy (non-hydrogen) atoms. The third kappa shape index (κ3) is 4.25. The van der Waals surface area contributed by atoms with Crippen LogP contribution in [-0.4, -0.2) is 19.1 Å². The summed E-state index contributed by atoms with van der Waals surface area (Å²) in [7, 11) is 0. The highest BCUT2D eigenvalue weighted by molar-refractivity contribution is 7.25. The summed E-state index contributed by atoms with van der Waals surface area (Å²) in [6, 6.07) is 60.5. The zero-order valence-corrected chi connectivity index (χ0v) is 28.2. The molecule has 0 bridgehead atoms. The van der Waals surface area contributed by atoms with Crippen LogP contribution in [0.5, 0.6) is 0 Å². The van der Waals surface area contributed by atoms with E-state index in [1.807, 2.05) is 0 Å². The maximum absolute atomic E-state index is 5.37. The van der Waals surface area contributed by atoms with E-state index in [-0.39, 0.29) is 0 Å². The second-order valence-corrected chi connectivity index (χ2v) is 14.1. The van der Waals surface area contributed by atoms with Crippen LogP contribution in [0.3, 0.4) is 0 Å². The first-order valence-corrected chi connectivity index (χ1v) is 18.0. The molecular formula is C46H28N4S. The van der Waals surface area contributed by atoms with Crippen molar-refractivity contribution in [2.75, 3.05) is 0 Å². The summed E-state index contributed by atoms with van der Waals surface area (Å²) in [6.07, 6.45) is 0. The van der Waals surface area contributed by atoms with Crippen LogP contribution in [0.1, 0.15) is 0 Å². The molecule has 11 aromatic rings. The Balaban J connectivity index is 1.08. The lowest BCUT2D eigenvalue weighted by molar-refractivity contribution is 1.18. The number of aromatic nitrogens is 4. The summed E-state index contributed by atoms with van der Waals surface area (Å²) in [5, 5.41) is 4.87. The van der Waals surface area contributed by atoms with Gasteiger partial charge in [-0.25, -0.2) is 9.97 Å². The second-order valence-electron chi connectivity index (χ2n) is 13.0. The van der Waals surface area contributed by atoms with Crippen molar-refractivity contribution in [2.24, 2.45) is 0 Å². The topological polar surface area (TPSA) is 35.6 Å². The Morgan fingerprint density at radius 2 is 0.941 bits per heavy atom. The van der Waals surface area contributed by atoms with Crippen LogP contribution in [0, 0.1) is 0 Å². The molecule has 238 valence electrons. The van der Waals surface area contributed by atoms with E-state index in [1.54, 1.807) is 11.3 Å². The zero-order chi connectivity index (χ0) is 33.5. The van der Waals surface area contributed by atoms with Crippen molar-refractivity contribution >= 4 is 75.4 Å². The standard InChI is InChI=1S/C46H28N4S/c1-3-12-30(13-4-1)49-38-19-9-7-16-32(38)35-28-29(22-25-40(35)49)36-23-26-42-45(47-36)46-43(51-42)27-24-37(48-46)33-18-11-21-41-44(33)34-17-8-10-20-39(34)50(41)31-14-5-2-6-15-31/h1-28H. The Hall–Kier alpha value is -6.56. The Morgan fingerprint density at radius 3 is 1.67 bits per heavy atom. The van der Waals surface area contributed by atoms with Gasteiger partial charge in [0.05, 0.1) is 42.9 Å². The summed E-state index contributed by atoms with van der Waals surface area (Å²) in [6.45, 7) is 0. The van der Waals surface area contributed by atoms with Crippen LogP contribution >= 0.6 is 11.3 Å². The molecule has 5 aromatic heterocycles. The fourth-order valence-corrected chi connectivity index (χ4v) is 8.89. The number of benzene rings is 6. The second kappa shape index (κ2) is 11.0. The van der Waals surface area contributed by atoms with Crippen molar-refractivity contribution in [1.82, 2.24) is 19.1 Å². The van der Waals surface area contributed by atoms with Crippen molar-refractivity contribution in [3.63, 3.8) is 0 Å². The molecule has 0 fully saturated rings. The van der Waals surface area contributed by atoms with Gasteiger partial charge < -0.3 is 9.13 Å². The minimum absolute atomic E-state index is 0.944. The molecule has 0 aliphatic rings. The Kier molecular flexibility index (Phi) is 6.09. The molecule has 0 saturated heterocycles. The van der Waals surface area contributed by atoms with Crippen molar-refractivity contribution in [2.45, 2.75) is 0 Å². The minimum atomic E-state index is 0.944.